The Morgan fingerprint density at radius 3 is 2.56 bits per heavy atom. The number of benzene rings is 1. The van der Waals surface area contributed by atoms with Gasteiger partial charge in [0, 0.05) is 17.6 Å². The van der Waals surface area contributed by atoms with E-state index in [9.17, 15) is 9.59 Å². The van der Waals surface area contributed by atoms with E-state index in [4.69, 9.17) is 28.9 Å². The lowest BCUT2D eigenvalue weighted by atomic mass is 10.0. The van der Waals surface area contributed by atoms with Crippen LogP contribution in [0.2, 0.25) is 10.0 Å². The number of hydrogen-bond acceptors (Lipinski definition) is 3. The molecular weight excluding hydrogens is 389 g/mol. The summed E-state index contributed by atoms with van der Waals surface area (Å²) in [7, 11) is 0. The van der Waals surface area contributed by atoms with E-state index < -0.39 is 11.6 Å². The van der Waals surface area contributed by atoms with Gasteiger partial charge in [-0.25, -0.2) is 4.79 Å². The minimum atomic E-state index is -0.535. The quantitative estimate of drug-likeness (QED) is 0.796. The van der Waals surface area contributed by atoms with E-state index in [-0.39, 0.29) is 12.5 Å². The molecule has 2 heterocycles. The highest BCUT2D eigenvalue weighted by Gasteiger charge is 2.32. The smallest absolute Gasteiger partial charge is 0.315 e. The molecule has 0 fully saturated rings. The lowest BCUT2D eigenvalue weighted by Crippen LogP contribution is -2.44. The molecule has 3 N–H and O–H groups in total. The summed E-state index contributed by atoms with van der Waals surface area (Å²) in [6.07, 6.45) is 0. The Kier molecular flexibility index (Phi) is 5.10. The van der Waals surface area contributed by atoms with Crippen LogP contribution in [0.5, 0.6) is 0 Å². The minimum Gasteiger partial charge on any atom is -0.351 e. The molecule has 1 aromatic heterocycles. The number of fused-ring (bicyclic) bond motifs is 1. The first-order valence-electron chi connectivity index (χ1n) is 8.49. The number of halogens is 2. The van der Waals surface area contributed by atoms with Gasteiger partial charge in [-0.15, -0.1) is 0 Å². The molecule has 1 aliphatic heterocycles. The minimum absolute atomic E-state index is 0.202. The second-order valence-electron chi connectivity index (χ2n) is 7.46. The van der Waals surface area contributed by atoms with Gasteiger partial charge in [-0.1, -0.05) is 35.3 Å². The second kappa shape index (κ2) is 7.05. The molecule has 0 saturated heterocycles. The van der Waals surface area contributed by atoms with Crippen molar-refractivity contribution >= 4 is 35.1 Å². The van der Waals surface area contributed by atoms with Gasteiger partial charge in [0.25, 0.3) is 5.91 Å². The maximum absolute atomic E-state index is 13.1. The van der Waals surface area contributed by atoms with Gasteiger partial charge in [0.05, 0.1) is 34.4 Å². The van der Waals surface area contributed by atoms with Gasteiger partial charge in [0.15, 0.2) is 0 Å². The van der Waals surface area contributed by atoms with Gasteiger partial charge in [0.1, 0.15) is 5.69 Å². The number of carbonyl (C=O) groups is 2. The molecule has 1 aliphatic rings. The number of nitrogens with zero attached hydrogens (tertiary/aromatic N) is 3. The van der Waals surface area contributed by atoms with E-state index in [1.807, 2.05) is 20.8 Å². The van der Waals surface area contributed by atoms with E-state index >= 15 is 0 Å². The summed E-state index contributed by atoms with van der Waals surface area (Å²) < 4.78 is 1.73. The summed E-state index contributed by atoms with van der Waals surface area (Å²) in [5.41, 5.74) is 6.98. The third kappa shape index (κ3) is 3.89. The fourth-order valence-corrected chi connectivity index (χ4v) is 3.41. The maximum Gasteiger partial charge on any atom is 0.315 e. The van der Waals surface area contributed by atoms with E-state index in [0.29, 0.717) is 45.6 Å². The van der Waals surface area contributed by atoms with Crippen molar-refractivity contribution in [3.8, 4) is 11.3 Å². The Morgan fingerprint density at radius 1 is 1.22 bits per heavy atom. The predicted molar refractivity (Wildman–Crippen MR) is 105 cm³/mol. The molecule has 0 bridgehead atoms. The molecule has 3 amide bonds. The Labute approximate surface area is 167 Å². The molecule has 0 spiro atoms. The number of nitrogens with one attached hydrogen (secondary N) is 1. The van der Waals surface area contributed by atoms with Gasteiger partial charge in [0.2, 0.25) is 0 Å². The van der Waals surface area contributed by atoms with Crippen molar-refractivity contribution in [3.05, 3.63) is 39.5 Å². The summed E-state index contributed by atoms with van der Waals surface area (Å²) in [5, 5.41) is 8.26. The normalized spacial score (nSPS) is 14.0. The number of urea groups is 1. The molecule has 0 saturated carbocycles. The number of nitrogens with two attached hydrogens (primary N) is 1. The van der Waals surface area contributed by atoms with Crippen LogP contribution in [0.4, 0.5) is 4.79 Å². The zero-order chi connectivity index (χ0) is 19.9. The predicted octanol–water partition coefficient (Wildman–Crippen LogP) is 3.28. The summed E-state index contributed by atoms with van der Waals surface area (Å²) in [6.45, 7) is 6.74. The summed E-state index contributed by atoms with van der Waals surface area (Å²) >= 11 is 12.5. The standard InChI is InChI=1S/C18H21Cl2N5O2/c1-18(2,3)22-16(26)13-12-9-24(17(21)27)7-8-25(12)23-15(13)10-5-4-6-11(19)14(10)20/h4-6H,7-9H2,1-3H3,(H2,21,27)(H,22,26). The van der Waals surface area contributed by atoms with Crippen molar-refractivity contribution in [2.75, 3.05) is 6.54 Å². The molecule has 0 unspecified atom stereocenters. The van der Waals surface area contributed by atoms with Crippen molar-refractivity contribution in [1.82, 2.24) is 20.0 Å². The van der Waals surface area contributed by atoms with Crippen LogP contribution in [0.1, 0.15) is 36.8 Å². The van der Waals surface area contributed by atoms with E-state index in [1.54, 1.807) is 22.9 Å². The number of amides is 3. The Hall–Kier alpha value is -2.25. The highest BCUT2D eigenvalue weighted by Crippen LogP contribution is 2.36. The Balaban J connectivity index is 2.18. The van der Waals surface area contributed by atoms with Gasteiger partial charge >= 0.3 is 6.03 Å². The van der Waals surface area contributed by atoms with Gasteiger partial charge in [-0.05, 0) is 26.8 Å². The Morgan fingerprint density at radius 2 is 1.93 bits per heavy atom. The van der Waals surface area contributed by atoms with Gasteiger partial charge < -0.3 is 16.0 Å². The number of aromatic nitrogens is 2. The number of primary amides is 1. The number of hydrogen-bond donors (Lipinski definition) is 2. The van der Waals surface area contributed by atoms with Crippen LogP contribution < -0.4 is 11.1 Å². The van der Waals surface area contributed by atoms with E-state index in [2.05, 4.69) is 10.4 Å². The second-order valence-corrected chi connectivity index (χ2v) is 8.24. The molecule has 2 aromatic rings. The fourth-order valence-electron chi connectivity index (χ4n) is 3.02. The molecule has 9 heteroatoms. The SMILES string of the molecule is CC(C)(C)NC(=O)c1c(-c2cccc(Cl)c2Cl)nn2c1CN(C(N)=O)CC2. The molecule has 0 radical (unpaired) electrons. The molecular formula is C18H21Cl2N5O2. The highest BCUT2D eigenvalue weighted by atomic mass is 35.5. The average molecular weight is 410 g/mol. The molecule has 0 atom stereocenters. The number of carbonyl (C=O) groups excluding carboxylic acids is 2. The lowest BCUT2D eigenvalue weighted by Gasteiger charge is -2.27. The topological polar surface area (TPSA) is 93.2 Å². The highest BCUT2D eigenvalue weighted by molar-refractivity contribution is 6.43. The van der Waals surface area contributed by atoms with E-state index in [1.165, 1.54) is 4.90 Å². The van der Waals surface area contributed by atoms with Crippen LogP contribution in [-0.2, 0) is 13.1 Å². The summed E-state index contributed by atoms with van der Waals surface area (Å²) in [4.78, 5) is 26.2. The Bertz CT molecular complexity index is 917. The molecule has 144 valence electrons. The summed E-state index contributed by atoms with van der Waals surface area (Å²) in [5.74, 6) is -0.291. The molecule has 27 heavy (non-hydrogen) atoms. The first kappa shape index (κ1) is 19.5. The lowest BCUT2D eigenvalue weighted by molar-refractivity contribution is 0.0916. The van der Waals surface area contributed by atoms with Crippen molar-refractivity contribution in [1.29, 1.82) is 0 Å². The molecule has 7 nitrogen and oxygen atoms in total. The van der Waals surface area contributed by atoms with Crippen LogP contribution in [0.15, 0.2) is 18.2 Å². The van der Waals surface area contributed by atoms with Crippen LogP contribution in [0.25, 0.3) is 11.3 Å². The van der Waals surface area contributed by atoms with Crippen molar-refractivity contribution < 1.29 is 9.59 Å². The third-order valence-electron chi connectivity index (χ3n) is 4.21. The van der Waals surface area contributed by atoms with Gasteiger partial charge in [-0.3, -0.25) is 9.48 Å². The molecule has 3 rings (SSSR count). The maximum atomic E-state index is 13.1. The zero-order valence-electron chi connectivity index (χ0n) is 15.3. The van der Waals surface area contributed by atoms with Crippen LogP contribution in [-0.4, -0.2) is 38.7 Å². The molecule has 1 aromatic carbocycles. The monoisotopic (exact) mass is 409 g/mol. The zero-order valence-corrected chi connectivity index (χ0v) is 16.9. The first-order valence-corrected chi connectivity index (χ1v) is 9.25. The van der Waals surface area contributed by atoms with Crippen molar-refractivity contribution in [2.45, 2.75) is 39.4 Å². The van der Waals surface area contributed by atoms with Gasteiger partial charge in [-0.2, -0.15) is 5.10 Å². The number of rotatable bonds is 2. The van der Waals surface area contributed by atoms with Crippen LogP contribution >= 0.6 is 23.2 Å². The van der Waals surface area contributed by atoms with Crippen LogP contribution in [0.3, 0.4) is 0 Å². The largest absolute Gasteiger partial charge is 0.351 e. The van der Waals surface area contributed by atoms with E-state index in [0.717, 1.165) is 0 Å². The van der Waals surface area contributed by atoms with Crippen molar-refractivity contribution in [3.63, 3.8) is 0 Å². The molecule has 0 aliphatic carbocycles. The van der Waals surface area contributed by atoms with Crippen molar-refractivity contribution in [2.24, 2.45) is 5.73 Å². The average Bonchev–Trinajstić information content (AvgIpc) is 2.94. The third-order valence-corrected chi connectivity index (χ3v) is 5.03. The fraction of sp³-hybridized carbons (Fsp3) is 0.389. The summed E-state index contributed by atoms with van der Waals surface area (Å²) in [6, 6.07) is 4.66. The van der Waals surface area contributed by atoms with Crippen LogP contribution in [0, 0.1) is 0 Å². The first-order chi connectivity index (χ1) is 12.6.